The smallest absolute Gasteiger partial charge is 0.265 e. The Labute approximate surface area is 175 Å². The average Bonchev–Trinajstić information content (AvgIpc) is 3.37. The summed E-state index contributed by atoms with van der Waals surface area (Å²) in [6.45, 7) is 4.82. The molecule has 1 aliphatic rings. The molecule has 3 heterocycles. The van der Waals surface area contributed by atoms with Gasteiger partial charge in [-0.15, -0.1) is 10.2 Å². The van der Waals surface area contributed by atoms with Crippen molar-refractivity contribution in [2.75, 3.05) is 38.2 Å². The highest BCUT2D eigenvalue weighted by Crippen LogP contribution is 2.28. The van der Waals surface area contributed by atoms with Crippen LogP contribution in [0.2, 0.25) is 0 Å². The standard InChI is InChI=1S/C21H26N6O3/c1-15-14-17(25(2)24-15)21-23-22-19(30-21)8-9-20(28)27-12-10-26(11-13-27)16-6-4-5-7-18(16)29-3/h4-7,14H,8-13H2,1-3H3. The highest BCUT2D eigenvalue weighted by atomic mass is 16.5. The second-order valence-corrected chi connectivity index (χ2v) is 7.34. The van der Waals surface area contributed by atoms with Crippen molar-refractivity contribution in [1.29, 1.82) is 0 Å². The fourth-order valence-electron chi connectivity index (χ4n) is 3.73. The van der Waals surface area contributed by atoms with Crippen LogP contribution in [-0.4, -0.2) is 64.1 Å². The van der Waals surface area contributed by atoms with Gasteiger partial charge in [0.2, 0.25) is 11.8 Å². The minimum Gasteiger partial charge on any atom is -0.495 e. The van der Waals surface area contributed by atoms with Gasteiger partial charge in [0.25, 0.3) is 5.89 Å². The zero-order valence-electron chi connectivity index (χ0n) is 17.5. The Bertz CT molecular complexity index is 1020. The van der Waals surface area contributed by atoms with Gasteiger partial charge in [0.05, 0.1) is 18.5 Å². The number of aromatic nitrogens is 4. The van der Waals surface area contributed by atoms with Crippen molar-refractivity contribution in [2.24, 2.45) is 7.05 Å². The number of hydrogen-bond donors (Lipinski definition) is 0. The highest BCUT2D eigenvalue weighted by molar-refractivity contribution is 5.76. The van der Waals surface area contributed by atoms with Crippen LogP contribution < -0.4 is 9.64 Å². The lowest BCUT2D eigenvalue weighted by Crippen LogP contribution is -2.48. The van der Waals surface area contributed by atoms with Crippen molar-refractivity contribution in [1.82, 2.24) is 24.9 Å². The molecule has 0 atom stereocenters. The summed E-state index contributed by atoms with van der Waals surface area (Å²) in [5.41, 5.74) is 2.72. The second-order valence-electron chi connectivity index (χ2n) is 7.34. The number of methoxy groups -OCH3 is 1. The van der Waals surface area contributed by atoms with Gasteiger partial charge < -0.3 is 19.0 Å². The van der Waals surface area contributed by atoms with E-state index in [0.717, 1.165) is 35.9 Å². The Morgan fingerprint density at radius 3 is 2.63 bits per heavy atom. The Morgan fingerprint density at radius 2 is 1.93 bits per heavy atom. The molecule has 1 aromatic carbocycles. The van der Waals surface area contributed by atoms with Crippen LogP contribution in [0.3, 0.4) is 0 Å². The summed E-state index contributed by atoms with van der Waals surface area (Å²) in [6, 6.07) is 9.86. The van der Waals surface area contributed by atoms with E-state index in [1.165, 1.54) is 0 Å². The van der Waals surface area contributed by atoms with Crippen molar-refractivity contribution >= 4 is 11.6 Å². The number of para-hydroxylation sites is 2. The summed E-state index contributed by atoms with van der Waals surface area (Å²) in [5.74, 6) is 1.84. The molecule has 9 heteroatoms. The number of ether oxygens (including phenoxy) is 1. The number of nitrogens with zero attached hydrogens (tertiary/aromatic N) is 6. The number of carbonyl (C=O) groups is 1. The maximum absolute atomic E-state index is 12.7. The summed E-state index contributed by atoms with van der Waals surface area (Å²) in [7, 11) is 3.51. The molecular formula is C21H26N6O3. The van der Waals surface area contributed by atoms with E-state index in [1.807, 2.05) is 49.2 Å². The molecule has 2 aromatic heterocycles. The Morgan fingerprint density at radius 1 is 1.17 bits per heavy atom. The van der Waals surface area contributed by atoms with Crippen LogP contribution in [0.4, 0.5) is 5.69 Å². The lowest BCUT2D eigenvalue weighted by Gasteiger charge is -2.36. The molecule has 3 aromatic rings. The first-order chi connectivity index (χ1) is 14.5. The van der Waals surface area contributed by atoms with E-state index in [2.05, 4.69) is 20.2 Å². The van der Waals surface area contributed by atoms with Crippen LogP contribution in [0.1, 0.15) is 18.0 Å². The van der Waals surface area contributed by atoms with Crippen molar-refractivity contribution in [3.8, 4) is 17.3 Å². The van der Waals surface area contributed by atoms with Crippen LogP contribution in [0.25, 0.3) is 11.6 Å². The lowest BCUT2D eigenvalue weighted by atomic mass is 10.2. The minimum atomic E-state index is 0.103. The van der Waals surface area contributed by atoms with E-state index in [-0.39, 0.29) is 5.91 Å². The first-order valence-corrected chi connectivity index (χ1v) is 10.0. The number of rotatable bonds is 6. The van der Waals surface area contributed by atoms with Gasteiger partial charge in [0.1, 0.15) is 11.4 Å². The first kappa shape index (κ1) is 19.9. The molecule has 4 rings (SSSR count). The molecule has 0 saturated carbocycles. The molecular weight excluding hydrogens is 384 g/mol. The minimum absolute atomic E-state index is 0.103. The largest absolute Gasteiger partial charge is 0.495 e. The quantitative estimate of drug-likeness (QED) is 0.614. The van der Waals surface area contributed by atoms with Gasteiger partial charge in [-0.05, 0) is 25.1 Å². The van der Waals surface area contributed by atoms with E-state index in [0.29, 0.717) is 37.7 Å². The average molecular weight is 410 g/mol. The van der Waals surface area contributed by atoms with Crippen molar-refractivity contribution in [3.05, 3.63) is 41.9 Å². The number of amides is 1. The van der Waals surface area contributed by atoms with Crippen molar-refractivity contribution in [2.45, 2.75) is 19.8 Å². The van der Waals surface area contributed by atoms with Crippen molar-refractivity contribution in [3.63, 3.8) is 0 Å². The number of piperazine rings is 1. The Kier molecular flexibility index (Phi) is 5.69. The van der Waals surface area contributed by atoms with Gasteiger partial charge in [-0.2, -0.15) is 5.10 Å². The summed E-state index contributed by atoms with van der Waals surface area (Å²) in [5, 5.41) is 12.5. The molecule has 0 spiro atoms. The molecule has 0 radical (unpaired) electrons. The van der Waals surface area contributed by atoms with Crippen molar-refractivity contribution < 1.29 is 13.9 Å². The maximum atomic E-state index is 12.7. The molecule has 1 saturated heterocycles. The predicted molar refractivity (Wildman–Crippen MR) is 111 cm³/mol. The summed E-state index contributed by atoms with van der Waals surface area (Å²) in [6.07, 6.45) is 0.774. The fourth-order valence-corrected chi connectivity index (χ4v) is 3.73. The summed E-state index contributed by atoms with van der Waals surface area (Å²) < 4.78 is 12.9. The van der Waals surface area contributed by atoms with Gasteiger partial charge in [0.15, 0.2) is 0 Å². The van der Waals surface area contributed by atoms with Gasteiger partial charge in [-0.1, -0.05) is 12.1 Å². The molecule has 9 nitrogen and oxygen atoms in total. The molecule has 0 unspecified atom stereocenters. The van der Waals surface area contributed by atoms with Gasteiger partial charge in [0, 0.05) is 46.1 Å². The maximum Gasteiger partial charge on any atom is 0.265 e. The number of aryl methyl sites for hydroxylation is 3. The molecule has 1 aliphatic heterocycles. The molecule has 0 N–H and O–H groups in total. The van der Waals surface area contributed by atoms with Crippen LogP contribution in [0, 0.1) is 6.92 Å². The topological polar surface area (TPSA) is 89.5 Å². The van der Waals surface area contributed by atoms with Crippen LogP contribution in [0.5, 0.6) is 5.75 Å². The third-order valence-electron chi connectivity index (χ3n) is 5.30. The molecule has 1 fully saturated rings. The zero-order valence-corrected chi connectivity index (χ0v) is 17.5. The van der Waals surface area contributed by atoms with E-state index in [4.69, 9.17) is 9.15 Å². The van der Waals surface area contributed by atoms with E-state index in [1.54, 1.807) is 11.8 Å². The molecule has 1 amide bonds. The molecule has 30 heavy (non-hydrogen) atoms. The first-order valence-electron chi connectivity index (χ1n) is 10.0. The van der Waals surface area contributed by atoms with E-state index < -0.39 is 0 Å². The van der Waals surface area contributed by atoms with Crippen LogP contribution >= 0.6 is 0 Å². The van der Waals surface area contributed by atoms with Gasteiger partial charge in [-0.25, -0.2) is 0 Å². The monoisotopic (exact) mass is 410 g/mol. The molecule has 158 valence electrons. The number of anilines is 1. The summed E-state index contributed by atoms with van der Waals surface area (Å²) >= 11 is 0. The van der Waals surface area contributed by atoms with Crippen LogP contribution in [-0.2, 0) is 18.3 Å². The predicted octanol–water partition coefficient (Wildman–Crippen LogP) is 2.07. The molecule has 0 aliphatic carbocycles. The highest BCUT2D eigenvalue weighted by Gasteiger charge is 2.23. The SMILES string of the molecule is COc1ccccc1N1CCN(C(=O)CCc2nnc(-c3cc(C)nn3C)o2)CC1. The fraction of sp³-hybridized carbons (Fsp3) is 0.429. The third-order valence-corrected chi connectivity index (χ3v) is 5.30. The zero-order chi connectivity index (χ0) is 21.1. The van der Waals surface area contributed by atoms with Gasteiger partial charge >= 0.3 is 0 Å². The third kappa shape index (κ3) is 4.14. The van der Waals surface area contributed by atoms with Gasteiger partial charge in [-0.3, -0.25) is 9.48 Å². The Hall–Kier alpha value is -3.36. The van der Waals surface area contributed by atoms with E-state index in [9.17, 15) is 4.79 Å². The number of hydrogen-bond acceptors (Lipinski definition) is 7. The Balaban J connectivity index is 1.30. The van der Waals surface area contributed by atoms with E-state index >= 15 is 0 Å². The normalized spacial score (nSPS) is 14.2. The van der Waals surface area contributed by atoms with Crippen LogP contribution in [0.15, 0.2) is 34.7 Å². The molecule has 0 bridgehead atoms. The number of benzene rings is 1. The summed E-state index contributed by atoms with van der Waals surface area (Å²) in [4.78, 5) is 16.8. The number of carbonyl (C=O) groups excluding carboxylic acids is 1. The second kappa shape index (κ2) is 8.56. The lowest BCUT2D eigenvalue weighted by molar-refractivity contribution is -0.131.